The highest BCUT2D eigenvalue weighted by Gasteiger charge is 2.19. The molecule has 0 aliphatic rings. The first-order valence-corrected chi connectivity index (χ1v) is 8.06. The second-order valence-electron chi connectivity index (χ2n) is 4.86. The lowest BCUT2D eigenvalue weighted by Gasteiger charge is -2.20. The van der Waals surface area contributed by atoms with Crippen LogP contribution in [-0.4, -0.2) is 23.4 Å². The molecule has 4 nitrogen and oxygen atoms in total. The van der Waals surface area contributed by atoms with E-state index in [2.05, 4.69) is 52.3 Å². The topological polar surface area (TPSA) is 39.1 Å². The number of hydrogen-bond donors (Lipinski definition) is 1. The van der Waals surface area contributed by atoms with Crippen LogP contribution in [0, 0.1) is 0 Å². The molecule has 0 aliphatic carbocycles. The molecule has 1 atom stereocenters. The first-order chi connectivity index (χ1) is 10.2. The Bertz CT molecular complexity index is 583. The minimum Gasteiger partial charge on any atom is -0.497 e. The lowest BCUT2D eigenvalue weighted by atomic mass is 10.0. The van der Waals surface area contributed by atoms with Gasteiger partial charge in [-0.3, -0.25) is 4.68 Å². The van der Waals surface area contributed by atoms with Crippen LogP contribution < -0.4 is 10.1 Å². The summed E-state index contributed by atoms with van der Waals surface area (Å²) in [7, 11) is 1.70. The van der Waals surface area contributed by atoms with Gasteiger partial charge in [-0.25, -0.2) is 0 Å². The summed E-state index contributed by atoms with van der Waals surface area (Å²) in [6.07, 6.45) is 2.77. The van der Waals surface area contributed by atoms with Crippen LogP contribution in [0.3, 0.4) is 0 Å². The van der Waals surface area contributed by atoms with Gasteiger partial charge in [-0.15, -0.1) is 0 Å². The minimum atomic E-state index is 0.221. The van der Waals surface area contributed by atoms with Gasteiger partial charge < -0.3 is 10.1 Å². The summed E-state index contributed by atoms with van der Waals surface area (Å²) in [6, 6.07) is 8.44. The molecule has 0 fully saturated rings. The zero-order chi connectivity index (χ0) is 15.2. The molecule has 0 aliphatic heterocycles. The summed E-state index contributed by atoms with van der Waals surface area (Å²) in [5.41, 5.74) is 2.44. The number of methoxy groups -OCH3 is 1. The van der Waals surface area contributed by atoms with Crippen molar-refractivity contribution in [3.8, 4) is 5.75 Å². The van der Waals surface area contributed by atoms with Gasteiger partial charge in [0.2, 0.25) is 0 Å². The first-order valence-electron chi connectivity index (χ1n) is 7.27. The van der Waals surface area contributed by atoms with Gasteiger partial charge in [0.1, 0.15) is 5.75 Å². The molecule has 2 rings (SSSR count). The fourth-order valence-corrected chi connectivity index (χ4v) is 3.09. The Balaban J connectivity index is 2.28. The predicted octanol–water partition coefficient (Wildman–Crippen LogP) is 3.57. The van der Waals surface area contributed by atoms with E-state index >= 15 is 0 Å². The molecule has 1 aromatic carbocycles. The number of hydrogen-bond acceptors (Lipinski definition) is 3. The Morgan fingerprint density at radius 3 is 2.86 bits per heavy atom. The second kappa shape index (κ2) is 7.61. The second-order valence-corrected chi connectivity index (χ2v) is 5.71. The molecule has 0 spiro atoms. The van der Waals surface area contributed by atoms with Crippen LogP contribution in [0.2, 0.25) is 0 Å². The van der Waals surface area contributed by atoms with Crippen LogP contribution in [-0.2, 0) is 13.0 Å². The maximum absolute atomic E-state index is 5.31. The minimum absolute atomic E-state index is 0.221. The summed E-state index contributed by atoms with van der Waals surface area (Å²) in [5, 5.41) is 7.97. The SMILES string of the molecule is CCNC(Cc1cccc(OC)c1)c1c(Br)cnn1CC. The number of nitrogens with zero attached hydrogens (tertiary/aromatic N) is 2. The van der Waals surface area contributed by atoms with Crippen LogP contribution in [0.15, 0.2) is 34.9 Å². The molecule has 5 heteroatoms. The lowest BCUT2D eigenvalue weighted by molar-refractivity contribution is 0.413. The van der Waals surface area contributed by atoms with E-state index in [0.717, 1.165) is 29.7 Å². The summed E-state index contributed by atoms with van der Waals surface area (Å²) < 4.78 is 8.40. The standard InChI is InChI=1S/C16H22BrN3O/c1-4-18-15(16-14(17)11-19-20(16)5-2)10-12-7-6-8-13(9-12)21-3/h6-9,11,15,18H,4-5,10H2,1-3H3. The summed E-state index contributed by atoms with van der Waals surface area (Å²) in [5.74, 6) is 0.894. The molecular weight excluding hydrogens is 330 g/mol. The van der Waals surface area contributed by atoms with Crippen LogP contribution in [0.4, 0.5) is 0 Å². The predicted molar refractivity (Wildman–Crippen MR) is 88.7 cm³/mol. The highest BCUT2D eigenvalue weighted by molar-refractivity contribution is 9.10. The van der Waals surface area contributed by atoms with E-state index in [1.54, 1.807) is 7.11 Å². The number of likely N-dealkylation sites (N-methyl/N-ethyl adjacent to an activating group) is 1. The molecule has 0 saturated heterocycles. The Labute approximate surface area is 134 Å². The van der Waals surface area contributed by atoms with Crippen molar-refractivity contribution in [1.82, 2.24) is 15.1 Å². The van der Waals surface area contributed by atoms with Gasteiger partial charge in [-0.05, 0) is 53.5 Å². The molecule has 2 aromatic rings. The molecule has 114 valence electrons. The lowest BCUT2D eigenvalue weighted by Crippen LogP contribution is -2.26. The quantitative estimate of drug-likeness (QED) is 0.828. The normalized spacial score (nSPS) is 12.4. The Morgan fingerprint density at radius 2 is 2.19 bits per heavy atom. The third-order valence-electron chi connectivity index (χ3n) is 3.49. The number of aryl methyl sites for hydroxylation is 1. The monoisotopic (exact) mass is 351 g/mol. The van der Waals surface area contributed by atoms with Crippen molar-refractivity contribution in [2.75, 3.05) is 13.7 Å². The highest BCUT2D eigenvalue weighted by Crippen LogP contribution is 2.27. The number of benzene rings is 1. The largest absolute Gasteiger partial charge is 0.497 e. The molecule has 0 radical (unpaired) electrons. The van der Waals surface area contributed by atoms with E-state index in [-0.39, 0.29) is 6.04 Å². The van der Waals surface area contributed by atoms with Crippen molar-refractivity contribution in [1.29, 1.82) is 0 Å². The third kappa shape index (κ3) is 3.86. The fourth-order valence-electron chi connectivity index (χ4n) is 2.52. The van der Waals surface area contributed by atoms with Crippen molar-refractivity contribution in [2.45, 2.75) is 32.9 Å². The van der Waals surface area contributed by atoms with Crippen molar-refractivity contribution < 1.29 is 4.74 Å². The van der Waals surface area contributed by atoms with E-state index < -0.39 is 0 Å². The van der Waals surface area contributed by atoms with Crippen LogP contribution >= 0.6 is 15.9 Å². The fraction of sp³-hybridized carbons (Fsp3) is 0.438. The summed E-state index contributed by atoms with van der Waals surface area (Å²) in [6.45, 7) is 6.01. The molecule has 1 unspecified atom stereocenters. The molecule has 1 N–H and O–H groups in total. The Morgan fingerprint density at radius 1 is 1.38 bits per heavy atom. The zero-order valence-corrected chi connectivity index (χ0v) is 14.4. The molecule has 1 heterocycles. The molecular formula is C16H22BrN3O. The molecule has 0 saturated carbocycles. The van der Waals surface area contributed by atoms with Crippen LogP contribution in [0.25, 0.3) is 0 Å². The number of aromatic nitrogens is 2. The molecule has 0 bridgehead atoms. The van der Waals surface area contributed by atoms with Gasteiger partial charge in [0.25, 0.3) is 0 Å². The van der Waals surface area contributed by atoms with E-state index in [9.17, 15) is 0 Å². The molecule has 1 aromatic heterocycles. The smallest absolute Gasteiger partial charge is 0.119 e. The van der Waals surface area contributed by atoms with Gasteiger partial charge in [0.05, 0.1) is 29.5 Å². The van der Waals surface area contributed by atoms with E-state index in [4.69, 9.17) is 4.74 Å². The van der Waals surface area contributed by atoms with E-state index in [0.29, 0.717) is 0 Å². The van der Waals surface area contributed by atoms with Crippen molar-refractivity contribution in [3.05, 3.63) is 46.2 Å². The van der Waals surface area contributed by atoms with Gasteiger partial charge in [-0.2, -0.15) is 5.10 Å². The zero-order valence-electron chi connectivity index (χ0n) is 12.8. The van der Waals surface area contributed by atoms with Crippen molar-refractivity contribution >= 4 is 15.9 Å². The Kier molecular flexibility index (Phi) is 5.82. The maximum Gasteiger partial charge on any atom is 0.119 e. The summed E-state index contributed by atoms with van der Waals surface area (Å²) >= 11 is 3.62. The van der Waals surface area contributed by atoms with Gasteiger partial charge in [-0.1, -0.05) is 19.1 Å². The average Bonchev–Trinajstić information content (AvgIpc) is 2.88. The van der Waals surface area contributed by atoms with Gasteiger partial charge in [0.15, 0.2) is 0 Å². The van der Waals surface area contributed by atoms with Gasteiger partial charge in [0, 0.05) is 6.54 Å². The third-order valence-corrected chi connectivity index (χ3v) is 4.10. The average molecular weight is 352 g/mol. The van der Waals surface area contributed by atoms with Crippen molar-refractivity contribution in [3.63, 3.8) is 0 Å². The van der Waals surface area contributed by atoms with Gasteiger partial charge >= 0.3 is 0 Å². The van der Waals surface area contributed by atoms with E-state index in [1.165, 1.54) is 11.3 Å². The van der Waals surface area contributed by atoms with Crippen LogP contribution in [0.5, 0.6) is 5.75 Å². The highest BCUT2D eigenvalue weighted by atomic mass is 79.9. The van der Waals surface area contributed by atoms with E-state index in [1.807, 2.05) is 23.0 Å². The molecule has 21 heavy (non-hydrogen) atoms. The van der Waals surface area contributed by atoms with Crippen LogP contribution in [0.1, 0.15) is 31.1 Å². The van der Waals surface area contributed by atoms with Crippen molar-refractivity contribution in [2.24, 2.45) is 0 Å². The maximum atomic E-state index is 5.31. The number of halogens is 1. The first kappa shape index (κ1) is 16.0. The Hall–Kier alpha value is -1.33. The number of rotatable bonds is 7. The number of nitrogens with one attached hydrogen (secondary N) is 1. The number of ether oxygens (including phenoxy) is 1. The molecule has 0 amide bonds. The summed E-state index contributed by atoms with van der Waals surface area (Å²) in [4.78, 5) is 0.